The fourth-order valence-corrected chi connectivity index (χ4v) is 4.43. The average molecular weight is 369 g/mol. The molecule has 0 saturated carbocycles. The zero-order valence-corrected chi connectivity index (χ0v) is 15.5. The molecule has 1 saturated heterocycles. The van der Waals surface area contributed by atoms with E-state index in [1.807, 2.05) is 24.8 Å². The molecule has 0 spiro atoms. The number of hydrogen-bond donors (Lipinski definition) is 0. The highest BCUT2D eigenvalue weighted by atomic mass is 32.1. The maximum atomic E-state index is 12.3. The van der Waals surface area contributed by atoms with E-state index in [0.717, 1.165) is 39.9 Å². The molecule has 7 nitrogen and oxygen atoms in total. The van der Waals surface area contributed by atoms with Gasteiger partial charge in [-0.25, -0.2) is 15.0 Å². The summed E-state index contributed by atoms with van der Waals surface area (Å²) in [5.41, 5.74) is 1.93. The molecule has 134 valence electrons. The Morgan fingerprint density at radius 2 is 2.00 bits per heavy atom. The molecule has 3 aromatic rings. The van der Waals surface area contributed by atoms with E-state index in [1.54, 1.807) is 23.6 Å². The lowest BCUT2D eigenvalue weighted by molar-refractivity contribution is 0.0671. The zero-order valence-electron chi connectivity index (χ0n) is 14.7. The van der Waals surface area contributed by atoms with Gasteiger partial charge in [-0.3, -0.25) is 4.79 Å². The SMILES string of the molecule is Cc1nccc(-c2sc(C3CCN(C(=O)c4ccno4)CC3)nc2C)n1. The molecule has 4 rings (SSSR count). The monoisotopic (exact) mass is 369 g/mol. The Morgan fingerprint density at radius 3 is 2.69 bits per heavy atom. The standard InChI is InChI=1S/C18H19N5O2S/c1-11-16(14-3-7-19-12(2)22-14)26-17(21-11)13-5-9-23(10-6-13)18(24)15-4-8-20-25-15/h3-4,7-8,13H,5-6,9-10H2,1-2H3. The Kier molecular flexibility index (Phi) is 4.50. The minimum Gasteiger partial charge on any atom is -0.351 e. The zero-order chi connectivity index (χ0) is 18.1. The van der Waals surface area contributed by atoms with Crippen LogP contribution in [0.3, 0.4) is 0 Å². The maximum Gasteiger partial charge on any atom is 0.292 e. The molecule has 0 unspecified atom stereocenters. The summed E-state index contributed by atoms with van der Waals surface area (Å²) in [5, 5.41) is 4.73. The highest BCUT2D eigenvalue weighted by molar-refractivity contribution is 7.15. The molecule has 0 N–H and O–H groups in total. The normalized spacial score (nSPS) is 15.4. The van der Waals surface area contributed by atoms with E-state index in [-0.39, 0.29) is 5.91 Å². The summed E-state index contributed by atoms with van der Waals surface area (Å²) >= 11 is 1.70. The van der Waals surface area contributed by atoms with Gasteiger partial charge in [0.1, 0.15) is 5.82 Å². The molecule has 0 atom stereocenters. The fourth-order valence-electron chi connectivity index (χ4n) is 3.22. The summed E-state index contributed by atoms with van der Waals surface area (Å²) in [4.78, 5) is 28.7. The van der Waals surface area contributed by atoms with Crippen LogP contribution < -0.4 is 0 Å². The van der Waals surface area contributed by atoms with Crippen molar-refractivity contribution >= 4 is 17.2 Å². The molecule has 1 amide bonds. The van der Waals surface area contributed by atoms with Crippen molar-refractivity contribution in [3.05, 3.63) is 46.8 Å². The van der Waals surface area contributed by atoms with Gasteiger partial charge in [-0.2, -0.15) is 0 Å². The first kappa shape index (κ1) is 16.8. The second kappa shape index (κ2) is 6.95. The smallest absolute Gasteiger partial charge is 0.292 e. The number of rotatable bonds is 3. The number of aryl methyl sites for hydroxylation is 2. The number of carbonyl (C=O) groups excluding carboxylic acids is 1. The van der Waals surface area contributed by atoms with Gasteiger partial charge in [0.2, 0.25) is 5.76 Å². The van der Waals surface area contributed by atoms with Crippen molar-refractivity contribution in [2.24, 2.45) is 0 Å². The van der Waals surface area contributed by atoms with Gasteiger partial charge in [0.05, 0.1) is 27.5 Å². The third-order valence-corrected chi connectivity index (χ3v) is 5.94. The van der Waals surface area contributed by atoms with E-state index in [9.17, 15) is 4.79 Å². The predicted octanol–water partition coefficient (Wildman–Crippen LogP) is 3.22. The van der Waals surface area contributed by atoms with Gasteiger partial charge in [-0.15, -0.1) is 11.3 Å². The molecule has 4 heterocycles. The van der Waals surface area contributed by atoms with Crippen molar-refractivity contribution in [3.63, 3.8) is 0 Å². The molecule has 26 heavy (non-hydrogen) atoms. The van der Waals surface area contributed by atoms with Crippen molar-refractivity contribution in [2.75, 3.05) is 13.1 Å². The van der Waals surface area contributed by atoms with Crippen LogP contribution in [0.25, 0.3) is 10.6 Å². The number of amides is 1. The minimum absolute atomic E-state index is 0.0894. The minimum atomic E-state index is -0.0894. The van der Waals surface area contributed by atoms with E-state index in [0.29, 0.717) is 24.8 Å². The highest BCUT2D eigenvalue weighted by Gasteiger charge is 2.28. The molecule has 1 aliphatic heterocycles. The van der Waals surface area contributed by atoms with Crippen LogP contribution in [0.15, 0.2) is 29.0 Å². The number of likely N-dealkylation sites (tertiary alicyclic amines) is 1. The largest absolute Gasteiger partial charge is 0.351 e. The van der Waals surface area contributed by atoms with Crippen LogP contribution in [0, 0.1) is 13.8 Å². The van der Waals surface area contributed by atoms with Crippen LogP contribution in [-0.2, 0) is 0 Å². The Bertz CT molecular complexity index is 914. The first-order valence-electron chi connectivity index (χ1n) is 8.59. The van der Waals surface area contributed by atoms with Crippen LogP contribution in [0.2, 0.25) is 0 Å². The number of thiazole rings is 1. The summed E-state index contributed by atoms with van der Waals surface area (Å²) in [6.07, 6.45) is 5.07. The van der Waals surface area contributed by atoms with Crippen LogP contribution in [0.1, 0.15) is 45.8 Å². The molecular formula is C18H19N5O2S. The number of carbonyl (C=O) groups is 1. The van der Waals surface area contributed by atoms with E-state index in [1.165, 1.54) is 6.20 Å². The number of aromatic nitrogens is 4. The Hall–Kier alpha value is -2.61. The lowest BCUT2D eigenvalue weighted by Gasteiger charge is -2.30. The van der Waals surface area contributed by atoms with Gasteiger partial charge >= 0.3 is 0 Å². The quantitative estimate of drug-likeness (QED) is 0.705. The average Bonchev–Trinajstić information content (AvgIpc) is 3.31. The van der Waals surface area contributed by atoms with Crippen molar-refractivity contribution in [3.8, 4) is 10.6 Å². The third kappa shape index (κ3) is 3.24. The van der Waals surface area contributed by atoms with Crippen molar-refractivity contribution < 1.29 is 9.32 Å². The first-order valence-corrected chi connectivity index (χ1v) is 9.41. The summed E-state index contributed by atoms with van der Waals surface area (Å²) in [5.74, 6) is 1.34. The van der Waals surface area contributed by atoms with Gasteiger partial charge in [-0.1, -0.05) is 5.16 Å². The van der Waals surface area contributed by atoms with Crippen molar-refractivity contribution in [1.29, 1.82) is 0 Å². The first-order chi connectivity index (χ1) is 12.6. The molecule has 3 aromatic heterocycles. The van der Waals surface area contributed by atoms with Crippen LogP contribution in [-0.4, -0.2) is 44.0 Å². The molecule has 1 fully saturated rings. The molecule has 0 aliphatic carbocycles. The number of piperidine rings is 1. The van der Waals surface area contributed by atoms with Crippen molar-refractivity contribution in [2.45, 2.75) is 32.6 Å². The Balaban J connectivity index is 1.47. The third-order valence-electron chi connectivity index (χ3n) is 4.60. The second-order valence-corrected chi connectivity index (χ2v) is 7.43. The van der Waals surface area contributed by atoms with Gasteiger partial charge in [0.15, 0.2) is 0 Å². The highest BCUT2D eigenvalue weighted by Crippen LogP contribution is 2.36. The van der Waals surface area contributed by atoms with E-state index < -0.39 is 0 Å². The predicted molar refractivity (Wildman–Crippen MR) is 97.0 cm³/mol. The lowest BCUT2D eigenvalue weighted by atomic mass is 9.97. The van der Waals surface area contributed by atoms with E-state index in [4.69, 9.17) is 9.51 Å². The Morgan fingerprint density at radius 1 is 1.19 bits per heavy atom. The number of hydrogen-bond acceptors (Lipinski definition) is 7. The number of nitrogens with zero attached hydrogens (tertiary/aromatic N) is 5. The second-order valence-electron chi connectivity index (χ2n) is 6.40. The summed E-state index contributed by atoms with van der Waals surface area (Å²) < 4.78 is 4.97. The van der Waals surface area contributed by atoms with Crippen LogP contribution in [0.4, 0.5) is 0 Å². The lowest BCUT2D eigenvalue weighted by Crippen LogP contribution is -2.37. The molecular weight excluding hydrogens is 350 g/mol. The molecule has 0 aromatic carbocycles. The fraction of sp³-hybridized carbons (Fsp3) is 0.389. The maximum absolute atomic E-state index is 12.3. The topological polar surface area (TPSA) is 85.0 Å². The molecule has 8 heteroatoms. The molecule has 0 bridgehead atoms. The van der Waals surface area contributed by atoms with Crippen LogP contribution in [0.5, 0.6) is 0 Å². The molecule has 1 aliphatic rings. The van der Waals surface area contributed by atoms with Gasteiger partial charge in [-0.05, 0) is 32.8 Å². The van der Waals surface area contributed by atoms with Gasteiger partial charge < -0.3 is 9.42 Å². The van der Waals surface area contributed by atoms with Crippen molar-refractivity contribution in [1.82, 2.24) is 25.0 Å². The summed E-state index contributed by atoms with van der Waals surface area (Å²) in [6.45, 7) is 5.31. The van der Waals surface area contributed by atoms with Crippen LogP contribution >= 0.6 is 11.3 Å². The summed E-state index contributed by atoms with van der Waals surface area (Å²) in [7, 11) is 0. The van der Waals surface area contributed by atoms with Gasteiger partial charge in [0.25, 0.3) is 5.91 Å². The van der Waals surface area contributed by atoms with E-state index in [2.05, 4.69) is 15.1 Å². The van der Waals surface area contributed by atoms with E-state index >= 15 is 0 Å². The Labute approximate surface area is 155 Å². The summed E-state index contributed by atoms with van der Waals surface area (Å²) in [6, 6.07) is 3.53. The molecule has 0 radical (unpaired) electrons. The van der Waals surface area contributed by atoms with Gasteiger partial charge in [0, 0.05) is 31.3 Å².